The van der Waals surface area contributed by atoms with Gasteiger partial charge in [0.05, 0.1) is 19.6 Å². The van der Waals surface area contributed by atoms with Crippen LogP contribution in [-0.4, -0.2) is 57.2 Å². The molecule has 2 atom stereocenters. The lowest BCUT2D eigenvalue weighted by Gasteiger charge is -2.21. The highest BCUT2D eigenvalue weighted by atomic mass is 127. The van der Waals surface area contributed by atoms with Gasteiger partial charge in [0.25, 0.3) is 0 Å². The summed E-state index contributed by atoms with van der Waals surface area (Å²) in [4.78, 5) is 18.2. The number of benzene rings is 1. The fourth-order valence-corrected chi connectivity index (χ4v) is 2.97. The molecule has 2 unspecified atom stereocenters. The molecule has 0 spiro atoms. The zero-order valence-corrected chi connectivity index (χ0v) is 17.7. The summed E-state index contributed by atoms with van der Waals surface area (Å²) >= 11 is 0. The number of carbonyl (C=O) groups is 1. The number of aryl methyl sites for hydroxylation is 1. The van der Waals surface area contributed by atoms with Gasteiger partial charge in [0.1, 0.15) is 12.4 Å². The average Bonchev–Trinajstić information content (AvgIpc) is 2.96. The minimum atomic E-state index is -0.150. The summed E-state index contributed by atoms with van der Waals surface area (Å²) in [5, 5.41) is 3.29. The first-order chi connectivity index (χ1) is 11.5. The van der Waals surface area contributed by atoms with Crippen LogP contribution >= 0.6 is 24.0 Å². The van der Waals surface area contributed by atoms with Crippen molar-refractivity contribution in [3.05, 3.63) is 29.8 Å². The van der Waals surface area contributed by atoms with Gasteiger partial charge in [-0.15, -0.1) is 24.0 Å². The number of hydrogen-bond acceptors (Lipinski definition) is 4. The zero-order valence-electron chi connectivity index (χ0n) is 15.3. The smallest absolute Gasteiger partial charge is 0.310 e. The van der Waals surface area contributed by atoms with Gasteiger partial charge < -0.3 is 19.7 Å². The third-order valence-corrected chi connectivity index (χ3v) is 4.27. The van der Waals surface area contributed by atoms with Crippen molar-refractivity contribution in [1.82, 2.24) is 10.2 Å². The summed E-state index contributed by atoms with van der Waals surface area (Å²) in [6.45, 7) is 6.72. The van der Waals surface area contributed by atoms with E-state index in [0.717, 1.165) is 18.3 Å². The molecule has 25 heavy (non-hydrogen) atoms. The number of carbonyl (C=O) groups excluding carboxylic acids is 1. The highest BCUT2D eigenvalue weighted by Crippen LogP contribution is 2.24. The van der Waals surface area contributed by atoms with Crippen molar-refractivity contribution in [3.63, 3.8) is 0 Å². The summed E-state index contributed by atoms with van der Waals surface area (Å²) in [6.07, 6.45) is 0. The number of likely N-dealkylation sites (tertiary alicyclic amines) is 1. The SMILES string of the molecule is CN=C(NCCOc1cccc(C)c1)N1CC(C)C(C(=O)OC)C1.I. The van der Waals surface area contributed by atoms with Crippen LogP contribution in [0, 0.1) is 18.8 Å². The second-order valence-corrected chi connectivity index (χ2v) is 6.15. The summed E-state index contributed by atoms with van der Waals surface area (Å²) < 4.78 is 10.6. The molecule has 0 bridgehead atoms. The van der Waals surface area contributed by atoms with Crippen LogP contribution in [0.15, 0.2) is 29.3 Å². The van der Waals surface area contributed by atoms with Gasteiger partial charge in [0.15, 0.2) is 5.96 Å². The van der Waals surface area contributed by atoms with E-state index in [9.17, 15) is 4.79 Å². The fraction of sp³-hybridized carbons (Fsp3) is 0.556. The normalized spacial score (nSPS) is 20.0. The Kier molecular flexibility index (Phi) is 9.02. The summed E-state index contributed by atoms with van der Waals surface area (Å²) in [6, 6.07) is 7.98. The van der Waals surface area contributed by atoms with Crippen LogP contribution in [0.5, 0.6) is 5.75 Å². The van der Waals surface area contributed by atoms with Gasteiger partial charge in [-0.2, -0.15) is 0 Å². The number of halogens is 1. The highest BCUT2D eigenvalue weighted by Gasteiger charge is 2.36. The highest BCUT2D eigenvalue weighted by molar-refractivity contribution is 14.0. The topological polar surface area (TPSA) is 63.2 Å². The predicted molar refractivity (Wildman–Crippen MR) is 110 cm³/mol. The van der Waals surface area contributed by atoms with Crippen LogP contribution in [0.1, 0.15) is 12.5 Å². The van der Waals surface area contributed by atoms with E-state index < -0.39 is 0 Å². The van der Waals surface area contributed by atoms with E-state index >= 15 is 0 Å². The van der Waals surface area contributed by atoms with Gasteiger partial charge >= 0.3 is 5.97 Å². The Balaban J connectivity index is 0.00000312. The second kappa shape index (κ2) is 10.5. The van der Waals surface area contributed by atoms with Crippen molar-refractivity contribution in [2.45, 2.75) is 13.8 Å². The molecule has 1 aromatic rings. The first-order valence-corrected chi connectivity index (χ1v) is 8.28. The molecule has 2 rings (SSSR count). The minimum Gasteiger partial charge on any atom is -0.492 e. The third kappa shape index (κ3) is 6.05. The van der Waals surface area contributed by atoms with E-state index in [1.807, 2.05) is 31.2 Å². The van der Waals surface area contributed by atoms with Gasteiger partial charge in [0, 0.05) is 20.1 Å². The number of aliphatic imine (C=N–C) groups is 1. The number of rotatable bonds is 5. The number of ether oxygens (including phenoxy) is 2. The van der Waals surface area contributed by atoms with Crippen LogP contribution in [-0.2, 0) is 9.53 Å². The van der Waals surface area contributed by atoms with Crippen molar-refractivity contribution in [2.24, 2.45) is 16.8 Å². The van der Waals surface area contributed by atoms with Crippen molar-refractivity contribution in [3.8, 4) is 5.75 Å². The summed E-state index contributed by atoms with van der Waals surface area (Å²) in [5.41, 5.74) is 1.18. The number of esters is 1. The molecular formula is C18H28IN3O3. The minimum absolute atomic E-state index is 0. The Bertz CT molecular complexity index is 595. The standard InChI is InChI=1S/C18H27N3O3.HI/c1-13-6-5-7-15(10-13)24-9-8-20-18(19-3)21-11-14(2)16(12-21)17(22)23-4;/h5-7,10,14,16H,8-9,11-12H2,1-4H3,(H,19,20);1H. The molecule has 0 aromatic heterocycles. The second-order valence-electron chi connectivity index (χ2n) is 6.15. The number of nitrogens with zero attached hydrogens (tertiary/aromatic N) is 2. The van der Waals surface area contributed by atoms with E-state index in [1.165, 1.54) is 12.7 Å². The molecule has 140 valence electrons. The van der Waals surface area contributed by atoms with Crippen LogP contribution in [0.3, 0.4) is 0 Å². The first-order valence-electron chi connectivity index (χ1n) is 8.28. The molecule has 1 aliphatic rings. The lowest BCUT2D eigenvalue weighted by atomic mass is 9.99. The number of hydrogen-bond donors (Lipinski definition) is 1. The fourth-order valence-electron chi connectivity index (χ4n) is 2.97. The van der Waals surface area contributed by atoms with Gasteiger partial charge in [-0.3, -0.25) is 9.79 Å². The Labute approximate surface area is 167 Å². The molecule has 0 radical (unpaired) electrons. The van der Waals surface area contributed by atoms with Crippen molar-refractivity contribution in [1.29, 1.82) is 0 Å². The van der Waals surface area contributed by atoms with Crippen LogP contribution in [0.25, 0.3) is 0 Å². The third-order valence-electron chi connectivity index (χ3n) is 4.27. The number of methoxy groups -OCH3 is 1. The predicted octanol–water partition coefficient (Wildman–Crippen LogP) is 2.31. The molecule has 0 aliphatic carbocycles. The summed E-state index contributed by atoms with van der Waals surface area (Å²) in [7, 11) is 3.19. The van der Waals surface area contributed by atoms with E-state index in [4.69, 9.17) is 9.47 Å². The summed E-state index contributed by atoms with van der Waals surface area (Å²) in [5.74, 6) is 1.66. The molecule has 1 saturated heterocycles. The number of nitrogens with one attached hydrogen (secondary N) is 1. The molecular weight excluding hydrogens is 433 g/mol. The maximum atomic E-state index is 11.8. The van der Waals surface area contributed by atoms with Gasteiger partial charge in [0.2, 0.25) is 0 Å². The molecule has 0 saturated carbocycles. The molecule has 1 aromatic carbocycles. The van der Waals surface area contributed by atoms with Crippen molar-refractivity contribution < 1.29 is 14.3 Å². The largest absolute Gasteiger partial charge is 0.492 e. The average molecular weight is 461 g/mol. The van der Waals surface area contributed by atoms with E-state index in [2.05, 4.69) is 22.1 Å². The van der Waals surface area contributed by atoms with E-state index in [1.54, 1.807) is 7.05 Å². The maximum Gasteiger partial charge on any atom is 0.310 e. The van der Waals surface area contributed by atoms with E-state index in [-0.39, 0.29) is 41.8 Å². The molecule has 1 N–H and O–H groups in total. The lowest BCUT2D eigenvalue weighted by molar-refractivity contribution is -0.145. The zero-order chi connectivity index (χ0) is 17.5. The van der Waals surface area contributed by atoms with Crippen LogP contribution < -0.4 is 10.1 Å². The Morgan fingerprint density at radius 3 is 2.80 bits per heavy atom. The maximum absolute atomic E-state index is 11.8. The van der Waals surface area contributed by atoms with Gasteiger partial charge in [-0.25, -0.2) is 0 Å². The Morgan fingerprint density at radius 1 is 1.40 bits per heavy atom. The molecule has 6 nitrogen and oxygen atoms in total. The number of guanidine groups is 1. The quantitative estimate of drug-likeness (QED) is 0.240. The molecule has 0 amide bonds. The van der Waals surface area contributed by atoms with E-state index in [0.29, 0.717) is 19.7 Å². The molecule has 7 heteroatoms. The first kappa shape index (κ1) is 21.5. The monoisotopic (exact) mass is 461 g/mol. The lowest BCUT2D eigenvalue weighted by Crippen LogP contribution is -2.42. The van der Waals surface area contributed by atoms with Crippen molar-refractivity contribution in [2.75, 3.05) is 40.4 Å². The van der Waals surface area contributed by atoms with Crippen LogP contribution in [0.4, 0.5) is 0 Å². The van der Waals surface area contributed by atoms with Gasteiger partial charge in [-0.1, -0.05) is 19.1 Å². The Hall–Kier alpha value is -1.51. The molecule has 1 fully saturated rings. The van der Waals surface area contributed by atoms with Crippen LogP contribution in [0.2, 0.25) is 0 Å². The molecule has 1 aliphatic heterocycles. The molecule has 1 heterocycles. The van der Waals surface area contributed by atoms with Gasteiger partial charge in [-0.05, 0) is 30.5 Å². The Morgan fingerprint density at radius 2 is 2.16 bits per heavy atom. The van der Waals surface area contributed by atoms with Crippen molar-refractivity contribution >= 4 is 35.9 Å².